The first-order valence-electron chi connectivity index (χ1n) is 5.18. The van der Waals surface area contributed by atoms with Crippen molar-refractivity contribution in [3.8, 4) is 29.1 Å². The molecule has 0 aliphatic rings. The minimum atomic E-state index is -0.836. The number of methoxy groups -OCH3 is 3. The topological polar surface area (TPSA) is 77.8 Å². The summed E-state index contributed by atoms with van der Waals surface area (Å²) in [6.07, 6.45) is 0. The van der Waals surface area contributed by atoms with Crippen LogP contribution in [0.1, 0.15) is 0 Å². The maximum atomic E-state index is 11.4. The lowest BCUT2D eigenvalue weighted by Gasteiger charge is -2.13. The van der Waals surface area contributed by atoms with Gasteiger partial charge in [-0.2, -0.15) is 5.26 Å². The number of carbonyl (C=O) groups is 1. The van der Waals surface area contributed by atoms with Crippen LogP contribution in [0.4, 0.5) is 0 Å². The van der Waals surface area contributed by atoms with Gasteiger partial charge in [0.1, 0.15) is 17.4 Å². The van der Waals surface area contributed by atoms with Crippen LogP contribution in [0.25, 0.3) is 0 Å². The third kappa shape index (κ3) is 3.16. The molecule has 6 heteroatoms. The van der Waals surface area contributed by atoms with Crippen molar-refractivity contribution in [2.75, 3.05) is 21.3 Å². The Balaban J connectivity index is 3.14. The molecule has 0 bridgehead atoms. The van der Waals surface area contributed by atoms with Crippen molar-refractivity contribution >= 4 is 5.97 Å². The van der Waals surface area contributed by atoms with Crippen LogP contribution in [-0.2, 0) is 4.79 Å². The van der Waals surface area contributed by atoms with Gasteiger partial charge in [0.15, 0.2) is 11.5 Å². The van der Waals surface area contributed by atoms with Crippen molar-refractivity contribution in [2.24, 2.45) is 0 Å². The van der Waals surface area contributed by atoms with Gasteiger partial charge < -0.3 is 18.9 Å². The minimum absolute atomic E-state index is 0.163. The summed E-state index contributed by atoms with van der Waals surface area (Å²) in [5, 5.41) is 8.55. The molecule has 0 amide bonds. The molecule has 0 radical (unpaired) electrons. The number of rotatable bonds is 5. The van der Waals surface area contributed by atoms with Crippen LogP contribution >= 0.6 is 0 Å². The lowest BCUT2D eigenvalue weighted by Crippen LogP contribution is -2.09. The molecule has 0 aliphatic heterocycles. The summed E-state index contributed by atoms with van der Waals surface area (Å²) in [6, 6.07) is 4.51. The Kier molecular flexibility index (Phi) is 4.77. The Morgan fingerprint density at radius 1 is 1.16 bits per heavy atom. The van der Waals surface area contributed by atoms with Crippen LogP contribution in [0.5, 0.6) is 23.0 Å². The molecule has 0 N–H and O–H groups in total. The van der Waals surface area contributed by atoms with Crippen LogP contribution in [0.15, 0.2) is 24.3 Å². The smallest absolute Gasteiger partial charge is 0.353 e. The number of hydrogen-bond donors (Lipinski definition) is 0. The second-order valence-corrected chi connectivity index (χ2v) is 3.34. The Morgan fingerprint density at radius 3 is 2.05 bits per heavy atom. The van der Waals surface area contributed by atoms with E-state index in [-0.39, 0.29) is 11.3 Å². The van der Waals surface area contributed by atoms with Gasteiger partial charge in [0.05, 0.1) is 21.3 Å². The van der Waals surface area contributed by atoms with Gasteiger partial charge in [0, 0.05) is 12.1 Å². The molecule has 19 heavy (non-hydrogen) atoms. The molecule has 0 unspecified atom stereocenters. The Labute approximate surface area is 110 Å². The monoisotopic (exact) mass is 263 g/mol. The van der Waals surface area contributed by atoms with E-state index in [4.69, 9.17) is 24.2 Å². The average Bonchev–Trinajstić information content (AvgIpc) is 2.44. The number of nitrogens with zero attached hydrogens (tertiary/aromatic N) is 1. The van der Waals surface area contributed by atoms with Gasteiger partial charge in [-0.3, -0.25) is 0 Å². The molecule has 0 fully saturated rings. The fourth-order valence-corrected chi connectivity index (χ4v) is 1.33. The summed E-state index contributed by atoms with van der Waals surface area (Å²) in [6.45, 7) is 3.27. The van der Waals surface area contributed by atoms with Gasteiger partial charge in [0.25, 0.3) is 0 Å². The van der Waals surface area contributed by atoms with Crippen molar-refractivity contribution in [1.29, 1.82) is 5.26 Å². The Bertz CT molecular complexity index is 519. The number of esters is 1. The lowest BCUT2D eigenvalue weighted by molar-refractivity contribution is -0.129. The number of hydrogen-bond acceptors (Lipinski definition) is 6. The highest BCUT2D eigenvalue weighted by atomic mass is 16.5. The maximum Gasteiger partial charge on any atom is 0.353 e. The summed E-state index contributed by atoms with van der Waals surface area (Å²) in [5.41, 5.74) is -0.297. The van der Waals surface area contributed by atoms with Crippen molar-refractivity contribution < 1.29 is 23.7 Å². The zero-order valence-corrected chi connectivity index (χ0v) is 10.9. The molecule has 1 aromatic rings. The molecule has 6 nitrogen and oxygen atoms in total. The minimum Gasteiger partial charge on any atom is -0.493 e. The first-order valence-corrected chi connectivity index (χ1v) is 5.18. The van der Waals surface area contributed by atoms with E-state index in [0.29, 0.717) is 17.2 Å². The van der Waals surface area contributed by atoms with Crippen molar-refractivity contribution in [1.82, 2.24) is 0 Å². The van der Waals surface area contributed by atoms with E-state index in [1.165, 1.54) is 33.5 Å². The second kappa shape index (κ2) is 6.31. The van der Waals surface area contributed by atoms with E-state index in [1.807, 2.05) is 0 Å². The molecule has 0 aromatic heterocycles. The van der Waals surface area contributed by atoms with Crippen LogP contribution in [-0.4, -0.2) is 27.3 Å². The standard InChI is InChI=1S/C13H13NO5/c1-8(7-14)13(15)19-9-5-10(16-2)12(18-4)11(6-9)17-3/h5-6H,1H2,2-4H3. The third-order valence-electron chi connectivity index (χ3n) is 2.23. The quantitative estimate of drug-likeness (QED) is 0.348. The molecular formula is C13H13NO5. The molecule has 0 heterocycles. The van der Waals surface area contributed by atoms with Gasteiger partial charge in [-0.25, -0.2) is 4.79 Å². The Morgan fingerprint density at radius 2 is 1.68 bits per heavy atom. The maximum absolute atomic E-state index is 11.4. The summed E-state index contributed by atoms with van der Waals surface area (Å²) in [4.78, 5) is 11.4. The molecule has 0 atom stereocenters. The molecule has 0 spiro atoms. The number of benzene rings is 1. The number of ether oxygens (including phenoxy) is 4. The summed E-state index contributed by atoms with van der Waals surface area (Å²) in [7, 11) is 4.35. The van der Waals surface area contributed by atoms with E-state index in [1.54, 1.807) is 6.07 Å². The molecule has 0 aliphatic carbocycles. The highest BCUT2D eigenvalue weighted by molar-refractivity contribution is 5.93. The lowest BCUT2D eigenvalue weighted by atomic mass is 10.2. The predicted octanol–water partition coefficient (Wildman–Crippen LogP) is 1.70. The van der Waals surface area contributed by atoms with Crippen LogP contribution in [0.3, 0.4) is 0 Å². The first kappa shape index (κ1) is 14.4. The average molecular weight is 263 g/mol. The summed E-state index contributed by atoms with van der Waals surface area (Å²) in [5.74, 6) is 0.385. The normalized spacial score (nSPS) is 9.16. The highest BCUT2D eigenvalue weighted by Crippen LogP contribution is 2.40. The SMILES string of the molecule is C=C(C#N)C(=O)Oc1cc(OC)c(OC)c(OC)c1. The van der Waals surface area contributed by atoms with Crippen LogP contribution in [0, 0.1) is 11.3 Å². The molecule has 100 valence electrons. The zero-order chi connectivity index (χ0) is 14.4. The van der Waals surface area contributed by atoms with Crippen molar-refractivity contribution in [3.05, 3.63) is 24.3 Å². The molecule has 0 saturated heterocycles. The predicted molar refractivity (Wildman–Crippen MR) is 66.5 cm³/mol. The van der Waals surface area contributed by atoms with Gasteiger partial charge in [-0.05, 0) is 0 Å². The van der Waals surface area contributed by atoms with Crippen molar-refractivity contribution in [2.45, 2.75) is 0 Å². The fourth-order valence-electron chi connectivity index (χ4n) is 1.33. The van der Waals surface area contributed by atoms with E-state index in [2.05, 4.69) is 6.58 Å². The van der Waals surface area contributed by atoms with Crippen LogP contribution < -0.4 is 18.9 Å². The largest absolute Gasteiger partial charge is 0.493 e. The number of nitriles is 1. The summed E-state index contributed by atoms with van der Waals surface area (Å²) >= 11 is 0. The number of carbonyl (C=O) groups excluding carboxylic acids is 1. The molecule has 1 aromatic carbocycles. The Hall–Kier alpha value is -2.68. The van der Waals surface area contributed by atoms with Gasteiger partial charge in [-0.1, -0.05) is 6.58 Å². The molecule has 1 rings (SSSR count). The third-order valence-corrected chi connectivity index (χ3v) is 2.23. The fraction of sp³-hybridized carbons (Fsp3) is 0.231. The van der Waals surface area contributed by atoms with Gasteiger partial charge in [0.2, 0.25) is 5.75 Å². The van der Waals surface area contributed by atoms with E-state index in [0.717, 1.165) is 0 Å². The first-order chi connectivity index (χ1) is 9.07. The molecular weight excluding hydrogens is 250 g/mol. The summed E-state index contributed by atoms with van der Waals surface area (Å²) < 4.78 is 20.3. The second-order valence-electron chi connectivity index (χ2n) is 3.34. The van der Waals surface area contributed by atoms with Crippen LogP contribution in [0.2, 0.25) is 0 Å². The van der Waals surface area contributed by atoms with Crippen molar-refractivity contribution in [3.63, 3.8) is 0 Å². The highest BCUT2D eigenvalue weighted by Gasteiger charge is 2.16. The van der Waals surface area contributed by atoms with E-state index in [9.17, 15) is 4.79 Å². The van der Waals surface area contributed by atoms with E-state index >= 15 is 0 Å². The van der Waals surface area contributed by atoms with Gasteiger partial charge in [-0.15, -0.1) is 0 Å². The zero-order valence-electron chi connectivity index (χ0n) is 10.9. The van der Waals surface area contributed by atoms with E-state index < -0.39 is 5.97 Å². The molecule has 0 saturated carbocycles. The van der Waals surface area contributed by atoms with Gasteiger partial charge >= 0.3 is 5.97 Å².